The molecule has 4 amide bonds. The van der Waals surface area contributed by atoms with E-state index in [1.54, 1.807) is 19.2 Å². The molecule has 0 N–H and O–H groups in total. The predicted octanol–water partition coefficient (Wildman–Crippen LogP) is 3.09. The second kappa shape index (κ2) is 10.5. The van der Waals surface area contributed by atoms with E-state index in [2.05, 4.69) is 4.90 Å². The molecule has 2 heterocycles. The molecule has 2 aliphatic heterocycles. The van der Waals surface area contributed by atoms with Gasteiger partial charge in [0, 0.05) is 39.6 Å². The van der Waals surface area contributed by atoms with Gasteiger partial charge in [-0.15, -0.1) is 0 Å². The van der Waals surface area contributed by atoms with Gasteiger partial charge in [0.25, 0.3) is 0 Å². The summed E-state index contributed by atoms with van der Waals surface area (Å²) in [5.74, 6) is -0.204. The summed E-state index contributed by atoms with van der Waals surface area (Å²) in [5, 5.41) is 0.955. The number of likely N-dealkylation sites (tertiary alicyclic amines) is 1. The van der Waals surface area contributed by atoms with Crippen molar-refractivity contribution in [2.45, 2.75) is 32.2 Å². The first-order chi connectivity index (χ1) is 14.3. The summed E-state index contributed by atoms with van der Waals surface area (Å²) in [7, 11) is 1.60. The lowest BCUT2D eigenvalue weighted by molar-refractivity contribution is -0.132. The summed E-state index contributed by atoms with van der Waals surface area (Å²) in [6.07, 6.45) is 3.13. The lowest BCUT2D eigenvalue weighted by atomic mass is 10.2. The minimum atomic E-state index is -0.297. The third-order valence-electron chi connectivity index (χ3n) is 5.60. The first-order valence-corrected chi connectivity index (χ1v) is 11.1. The molecule has 1 aromatic carbocycles. The minimum absolute atomic E-state index is 0.00715. The van der Waals surface area contributed by atoms with Gasteiger partial charge >= 0.3 is 6.03 Å². The van der Waals surface area contributed by atoms with Gasteiger partial charge in [-0.3, -0.25) is 14.5 Å². The molecular weight excluding hydrogens is 427 g/mol. The molecule has 0 spiro atoms. The van der Waals surface area contributed by atoms with Crippen LogP contribution in [0, 0.1) is 0 Å². The molecule has 0 aromatic heterocycles. The van der Waals surface area contributed by atoms with Crippen LogP contribution < -0.4 is 0 Å². The standard InChI is InChI=1S/C21H28Cl2N4O3/c1-24-15-20(29)27(21(24)30)10-4-5-19(28)26(12-11-25-8-2-3-9-25)14-16-6-7-17(22)18(23)13-16/h6-7,13H,2-5,8-12,14-15H2,1H3. The summed E-state index contributed by atoms with van der Waals surface area (Å²) in [6, 6.07) is 5.11. The van der Waals surface area contributed by atoms with Crippen LogP contribution in [0.2, 0.25) is 10.0 Å². The fraction of sp³-hybridized carbons (Fsp3) is 0.571. The predicted molar refractivity (Wildman–Crippen MR) is 117 cm³/mol. The normalized spacial score (nSPS) is 17.3. The summed E-state index contributed by atoms with van der Waals surface area (Å²) < 4.78 is 0. The van der Waals surface area contributed by atoms with Crippen molar-refractivity contribution in [1.82, 2.24) is 19.6 Å². The number of carbonyl (C=O) groups excluding carboxylic acids is 3. The highest BCUT2D eigenvalue weighted by atomic mass is 35.5. The van der Waals surface area contributed by atoms with Crippen molar-refractivity contribution in [2.75, 3.05) is 46.3 Å². The monoisotopic (exact) mass is 454 g/mol. The van der Waals surface area contributed by atoms with Crippen molar-refractivity contribution in [3.8, 4) is 0 Å². The molecule has 1 aromatic rings. The third-order valence-corrected chi connectivity index (χ3v) is 6.34. The Balaban J connectivity index is 1.57. The molecule has 3 rings (SSSR count). The number of rotatable bonds is 9. The summed E-state index contributed by atoms with van der Waals surface area (Å²) >= 11 is 12.1. The lowest BCUT2D eigenvalue weighted by Crippen LogP contribution is -2.38. The van der Waals surface area contributed by atoms with Crippen LogP contribution >= 0.6 is 23.2 Å². The van der Waals surface area contributed by atoms with Crippen LogP contribution in [-0.4, -0.2) is 83.8 Å². The highest BCUT2D eigenvalue weighted by Gasteiger charge is 2.33. The zero-order valence-electron chi connectivity index (χ0n) is 17.3. The van der Waals surface area contributed by atoms with E-state index in [0.29, 0.717) is 29.6 Å². The topological polar surface area (TPSA) is 64.2 Å². The van der Waals surface area contributed by atoms with Crippen molar-refractivity contribution in [1.29, 1.82) is 0 Å². The summed E-state index contributed by atoms with van der Waals surface area (Å²) in [4.78, 5) is 43.6. The number of halogens is 2. The Kier molecular flexibility index (Phi) is 7.97. The van der Waals surface area contributed by atoms with E-state index in [0.717, 1.165) is 25.2 Å². The first-order valence-electron chi connectivity index (χ1n) is 10.3. The van der Waals surface area contributed by atoms with E-state index in [-0.39, 0.29) is 37.4 Å². The molecule has 2 saturated heterocycles. The molecule has 9 heteroatoms. The summed E-state index contributed by atoms with van der Waals surface area (Å²) in [6.45, 7) is 4.42. The van der Waals surface area contributed by atoms with Gasteiger partial charge in [0.2, 0.25) is 11.8 Å². The largest absolute Gasteiger partial charge is 0.337 e. The highest BCUT2D eigenvalue weighted by molar-refractivity contribution is 6.42. The Hall–Kier alpha value is -1.83. The van der Waals surface area contributed by atoms with Gasteiger partial charge in [-0.1, -0.05) is 29.3 Å². The summed E-state index contributed by atoms with van der Waals surface area (Å²) in [5.41, 5.74) is 0.922. The molecular formula is C21H28Cl2N4O3. The Morgan fingerprint density at radius 2 is 1.83 bits per heavy atom. The Morgan fingerprint density at radius 1 is 1.10 bits per heavy atom. The number of benzene rings is 1. The van der Waals surface area contributed by atoms with Crippen LogP contribution in [0.25, 0.3) is 0 Å². The van der Waals surface area contributed by atoms with Crippen LogP contribution in [0.15, 0.2) is 18.2 Å². The molecule has 0 radical (unpaired) electrons. The maximum atomic E-state index is 13.0. The van der Waals surface area contributed by atoms with Crippen LogP contribution in [0.3, 0.4) is 0 Å². The number of amides is 4. The van der Waals surface area contributed by atoms with Crippen LogP contribution in [0.5, 0.6) is 0 Å². The zero-order chi connectivity index (χ0) is 21.7. The Bertz CT molecular complexity index is 798. The molecule has 0 bridgehead atoms. The van der Waals surface area contributed by atoms with Gasteiger partial charge in [-0.2, -0.15) is 0 Å². The van der Waals surface area contributed by atoms with Gasteiger partial charge in [-0.05, 0) is 50.0 Å². The number of hydrogen-bond donors (Lipinski definition) is 0. The molecule has 0 atom stereocenters. The van der Waals surface area contributed by atoms with E-state index in [9.17, 15) is 14.4 Å². The smallest absolute Gasteiger partial charge is 0.326 e. The molecule has 2 aliphatic rings. The maximum Gasteiger partial charge on any atom is 0.326 e. The van der Waals surface area contributed by atoms with Gasteiger partial charge in [0.1, 0.15) is 6.54 Å². The van der Waals surface area contributed by atoms with E-state index in [4.69, 9.17) is 23.2 Å². The van der Waals surface area contributed by atoms with E-state index < -0.39 is 0 Å². The van der Waals surface area contributed by atoms with Crippen molar-refractivity contribution in [2.24, 2.45) is 0 Å². The molecule has 0 aliphatic carbocycles. The highest BCUT2D eigenvalue weighted by Crippen LogP contribution is 2.23. The molecule has 164 valence electrons. The van der Waals surface area contributed by atoms with Crippen LogP contribution in [0.4, 0.5) is 4.79 Å². The van der Waals surface area contributed by atoms with Crippen molar-refractivity contribution in [3.63, 3.8) is 0 Å². The quantitative estimate of drug-likeness (QED) is 0.537. The Labute approximate surface area is 187 Å². The SMILES string of the molecule is CN1CC(=O)N(CCCC(=O)N(CCN2CCCC2)Cc2ccc(Cl)c(Cl)c2)C1=O. The van der Waals surface area contributed by atoms with Gasteiger partial charge in [0.05, 0.1) is 10.0 Å². The second-order valence-electron chi connectivity index (χ2n) is 7.90. The molecule has 7 nitrogen and oxygen atoms in total. The maximum absolute atomic E-state index is 13.0. The molecule has 0 unspecified atom stereocenters. The number of hydrogen-bond acceptors (Lipinski definition) is 4. The second-order valence-corrected chi connectivity index (χ2v) is 8.71. The fourth-order valence-corrected chi connectivity index (χ4v) is 4.17. The number of nitrogens with zero attached hydrogens (tertiary/aromatic N) is 4. The zero-order valence-corrected chi connectivity index (χ0v) is 18.8. The van der Waals surface area contributed by atoms with E-state index in [1.807, 2.05) is 11.0 Å². The minimum Gasteiger partial charge on any atom is -0.337 e. The van der Waals surface area contributed by atoms with E-state index in [1.165, 1.54) is 22.6 Å². The first kappa shape index (κ1) is 22.8. The number of imide groups is 1. The van der Waals surface area contributed by atoms with Crippen molar-refractivity contribution >= 4 is 41.0 Å². The van der Waals surface area contributed by atoms with Crippen molar-refractivity contribution < 1.29 is 14.4 Å². The number of likely N-dealkylation sites (N-methyl/N-ethyl adjacent to an activating group) is 1. The van der Waals surface area contributed by atoms with E-state index >= 15 is 0 Å². The molecule has 0 saturated carbocycles. The van der Waals surface area contributed by atoms with Gasteiger partial charge < -0.3 is 14.7 Å². The number of carbonyl (C=O) groups is 3. The molecule has 2 fully saturated rings. The number of urea groups is 1. The van der Waals surface area contributed by atoms with Gasteiger partial charge in [0.15, 0.2) is 0 Å². The molecule has 30 heavy (non-hydrogen) atoms. The average molecular weight is 455 g/mol. The van der Waals surface area contributed by atoms with Crippen molar-refractivity contribution in [3.05, 3.63) is 33.8 Å². The van der Waals surface area contributed by atoms with Crippen LogP contribution in [0.1, 0.15) is 31.2 Å². The Morgan fingerprint density at radius 3 is 2.47 bits per heavy atom. The van der Waals surface area contributed by atoms with Gasteiger partial charge in [-0.25, -0.2) is 4.79 Å². The fourth-order valence-electron chi connectivity index (χ4n) is 3.85. The lowest BCUT2D eigenvalue weighted by Gasteiger charge is -2.26. The van der Waals surface area contributed by atoms with Crippen LogP contribution in [-0.2, 0) is 16.1 Å². The third kappa shape index (κ3) is 5.86. The average Bonchev–Trinajstić information content (AvgIpc) is 3.31.